The molecule has 0 bridgehead atoms. The van der Waals surface area contributed by atoms with Crippen molar-refractivity contribution in [1.82, 2.24) is 0 Å². The molecule has 0 saturated heterocycles. The summed E-state index contributed by atoms with van der Waals surface area (Å²) in [5.74, 6) is -1.09. The molecule has 1 amide bonds. The van der Waals surface area contributed by atoms with Crippen LogP contribution in [0.15, 0.2) is 30.3 Å². The fourth-order valence-electron chi connectivity index (χ4n) is 1.85. The lowest BCUT2D eigenvalue weighted by Crippen LogP contribution is -2.29. The van der Waals surface area contributed by atoms with Crippen LogP contribution in [0.25, 0.3) is 0 Å². The zero-order valence-electron chi connectivity index (χ0n) is 20.2. The van der Waals surface area contributed by atoms with Crippen molar-refractivity contribution in [2.75, 3.05) is 31.9 Å². The van der Waals surface area contributed by atoms with Crippen LogP contribution in [0.3, 0.4) is 0 Å². The lowest BCUT2D eigenvalue weighted by molar-refractivity contribution is -0.157. The first-order chi connectivity index (χ1) is 15.0. The molecule has 1 aromatic carbocycles. The fraction of sp³-hybridized carbons (Fsp3) is 0.625. The number of para-hydroxylation sites is 1. The Kier molecular flexibility index (Phi) is 14.2. The third-order valence-electron chi connectivity index (χ3n) is 5.05. The quantitative estimate of drug-likeness (QED) is 0.257. The Hall–Kier alpha value is -2.45. The molecular weight excluding hydrogens is 414 g/mol. The van der Waals surface area contributed by atoms with E-state index >= 15 is 0 Å². The van der Waals surface area contributed by atoms with Crippen LogP contribution in [0.4, 0.5) is 5.69 Å². The van der Waals surface area contributed by atoms with Gasteiger partial charge in [-0.25, -0.2) is 0 Å². The predicted molar refractivity (Wildman–Crippen MR) is 123 cm³/mol. The molecule has 0 aliphatic heterocycles. The number of carboxylic acids is 1. The first kappa shape index (κ1) is 29.5. The van der Waals surface area contributed by atoms with Gasteiger partial charge in [-0.3, -0.25) is 14.4 Å². The second-order valence-electron chi connectivity index (χ2n) is 8.51. The first-order valence-electron chi connectivity index (χ1n) is 10.9. The van der Waals surface area contributed by atoms with Gasteiger partial charge in [0, 0.05) is 11.1 Å². The minimum absolute atomic E-state index is 0.00199. The summed E-state index contributed by atoms with van der Waals surface area (Å²) in [6, 6.07) is 9.54. The van der Waals surface area contributed by atoms with Crippen molar-refractivity contribution < 1.29 is 33.7 Å². The van der Waals surface area contributed by atoms with Crippen LogP contribution in [0, 0.1) is 10.8 Å². The van der Waals surface area contributed by atoms with E-state index in [4.69, 9.17) is 19.3 Å². The molecule has 32 heavy (non-hydrogen) atoms. The Labute approximate surface area is 191 Å². The monoisotopic (exact) mass is 453 g/mol. The predicted octanol–water partition coefficient (Wildman–Crippen LogP) is 4.49. The van der Waals surface area contributed by atoms with E-state index in [2.05, 4.69) is 5.32 Å². The van der Waals surface area contributed by atoms with Crippen molar-refractivity contribution in [2.24, 2.45) is 10.8 Å². The highest BCUT2D eigenvalue weighted by atomic mass is 16.7. The molecule has 0 atom stereocenters. The van der Waals surface area contributed by atoms with Gasteiger partial charge >= 0.3 is 11.9 Å². The molecule has 0 aromatic heterocycles. The van der Waals surface area contributed by atoms with E-state index in [0.29, 0.717) is 6.42 Å². The molecule has 1 rings (SSSR count). The van der Waals surface area contributed by atoms with Crippen molar-refractivity contribution in [3.63, 3.8) is 0 Å². The van der Waals surface area contributed by atoms with Crippen molar-refractivity contribution in [3.05, 3.63) is 30.3 Å². The molecule has 0 aliphatic carbocycles. The molecule has 0 aliphatic rings. The molecule has 0 spiro atoms. The van der Waals surface area contributed by atoms with E-state index < -0.39 is 11.4 Å². The Morgan fingerprint density at radius 3 is 1.97 bits per heavy atom. The molecule has 0 fully saturated rings. The second-order valence-corrected chi connectivity index (χ2v) is 8.51. The Morgan fingerprint density at radius 2 is 1.44 bits per heavy atom. The first-order valence-corrected chi connectivity index (χ1v) is 10.9. The van der Waals surface area contributed by atoms with Gasteiger partial charge < -0.3 is 24.6 Å². The van der Waals surface area contributed by atoms with Crippen LogP contribution in [0.5, 0.6) is 0 Å². The number of hydrogen-bond acceptors (Lipinski definition) is 6. The average molecular weight is 454 g/mol. The van der Waals surface area contributed by atoms with E-state index in [1.54, 1.807) is 0 Å². The smallest absolute Gasteiger partial charge is 0.311 e. The third kappa shape index (κ3) is 13.1. The summed E-state index contributed by atoms with van der Waals surface area (Å²) in [6.45, 7) is 12.0. The lowest BCUT2D eigenvalue weighted by Gasteiger charge is -2.21. The van der Waals surface area contributed by atoms with Gasteiger partial charge in [0.25, 0.3) is 0 Å². The summed E-state index contributed by atoms with van der Waals surface area (Å²) in [4.78, 5) is 33.4. The number of rotatable bonds is 13. The number of amides is 1. The molecule has 8 nitrogen and oxygen atoms in total. The third-order valence-corrected chi connectivity index (χ3v) is 5.05. The van der Waals surface area contributed by atoms with Gasteiger partial charge in [-0.1, -0.05) is 45.9 Å². The van der Waals surface area contributed by atoms with E-state index in [1.165, 1.54) is 0 Å². The number of benzene rings is 1. The summed E-state index contributed by atoms with van der Waals surface area (Å²) in [7, 11) is 0. The largest absolute Gasteiger partial charge is 0.481 e. The van der Waals surface area contributed by atoms with Gasteiger partial charge in [-0.05, 0) is 38.8 Å². The maximum Gasteiger partial charge on any atom is 0.311 e. The van der Waals surface area contributed by atoms with Gasteiger partial charge in [0.05, 0.1) is 25.0 Å². The highest BCUT2D eigenvalue weighted by Gasteiger charge is 2.27. The minimum atomic E-state index is -0.911. The number of nitrogens with one attached hydrogen (secondary N) is 1. The number of hydrogen-bond donors (Lipinski definition) is 2. The second kappa shape index (κ2) is 15.4. The highest BCUT2D eigenvalue weighted by molar-refractivity contribution is 5.94. The summed E-state index contributed by atoms with van der Waals surface area (Å²) in [6.07, 6.45) is 1.50. The van der Waals surface area contributed by atoms with Crippen LogP contribution in [-0.4, -0.2) is 49.6 Å². The summed E-state index contributed by atoms with van der Waals surface area (Å²) < 4.78 is 14.9. The van der Waals surface area contributed by atoms with E-state index in [9.17, 15) is 14.4 Å². The normalized spacial score (nSPS) is 11.2. The Bertz CT molecular complexity index is 687. The fourth-order valence-corrected chi connectivity index (χ4v) is 1.85. The molecule has 0 radical (unpaired) electrons. The molecular formula is C24H39NO7. The number of carboxylic acid groups (broad SMARTS) is 1. The molecule has 0 heterocycles. The SMILES string of the molecule is CCC(C)(C)C(=O)Nc1ccccc1.CCC(C)(C)C(=O)OCCOCOCCC(=O)O. The maximum atomic E-state index is 11.8. The number of carbonyl (C=O) groups is 3. The zero-order chi connectivity index (χ0) is 24.6. The van der Waals surface area contributed by atoms with Crippen molar-refractivity contribution in [3.8, 4) is 0 Å². The van der Waals surface area contributed by atoms with Crippen molar-refractivity contribution >= 4 is 23.5 Å². The summed E-state index contributed by atoms with van der Waals surface area (Å²) >= 11 is 0. The Morgan fingerprint density at radius 1 is 0.875 bits per heavy atom. The van der Waals surface area contributed by atoms with Crippen LogP contribution in [0.1, 0.15) is 60.8 Å². The van der Waals surface area contributed by atoms with E-state index in [0.717, 1.165) is 12.1 Å². The maximum absolute atomic E-state index is 11.8. The van der Waals surface area contributed by atoms with Gasteiger partial charge in [0.15, 0.2) is 0 Å². The molecule has 0 saturated carbocycles. The van der Waals surface area contributed by atoms with Gasteiger partial charge in [-0.15, -0.1) is 0 Å². The van der Waals surface area contributed by atoms with Crippen molar-refractivity contribution in [1.29, 1.82) is 0 Å². The van der Waals surface area contributed by atoms with E-state index in [-0.39, 0.29) is 50.3 Å². The average Bonchev–Trinajstić information content (AvgIpc) is 2.76. The highest BCUT2D eigenvalue weighted by Crippen LogP contribution is 2.22. The number of aliphatic carboxylic acids is 1. The van der Waals surface area contributed by atoms with Crippen LogP contribution in [-0.2, 0) is 28.6 Å². The summed E-state index contributed by atoms with van der Waals surface area (Å²) in [5.41, 5.74) is 0.0902. The molecule has 1 aromatic rings. The lowest BCUT2D eigenvalue weighted by atomic mass is 9.89. The molecule has 2 N–H and O–H groups in total. The molecule has 182 valence electrons. The summed E-state index contributed by atoms with van der Waals surface area (Å²) in [5, 5.41) is 11.2. The van der Waals surface area contributed by atoms with E-state index in [1.807, 2.05) is 71.9 Å². The van der Waals surface area contributed by atoms with Gasteiger partial charge in [-0.2, -0.15) is 0 Å². The number of esters is 1. The molecule has 8 heteroatoms. The van der Waals surface area contributed by atoms with Crippen LogP contribution < -0.4 is 5.32 Å². The van der Waals surface area contributed by atoms with Crippen molar-refractivity contribution in [2.45, 2.75) is 60.8 Å². The van der Waals surface area contributed by atoms with Crippen LogP contribution in [0.2, 0.25) is 0 Å². The number of carbonyl (C=O) groups excluding carboxylic acids is 2. The van der Waals surface area contributed by atoms with Crippen LogP contribution >= 0.6 is 0 Å². The molecule has 0 unspecified atom stereocenters. The topological polar surface area (TPSA) is 111 Å². The standard InChI is InChI=1S/C12H17NO.C12H22O6/c1-4-12(2,3)11(14)13-10-8-6-5-7-9-10;1-4-12(2,3)11(15)18-8-7-17-9-16-6-5-10(13)14/h5-9H,4H2,1-3H3,(H,13,14);4-9H2,1-3H3,(H,13,14). The Balaban J connectivity index is 0.000000618. The number of ether oxygens (including phenoxy) is 3. The van der Waals surface area contributed by atoms with Gasteiger partial charge in [0.1, 0.15) is 13.4 Å². The zero-order valence-corrected chi connectivity index (χ0v) is 20.2. The van der Waals surface area contributed by atoms with Gasteiger partial charge in [0.2, 0.25) is 5.91 Å². The minimum Gasteiger partial charge on any atom is -0.481 e. The number of anilines is 1.